The van der Waals surface area contributed by atoms with E-state index >= 15 is 4.39 Å². The third-order valence-corrected chi connectivity index (χ3v) is 9.54. The van der Waals surface area contributed by atoms with Crippen LogP contribution in [-0.2, 0) is 25.6 Å². The Morgan fingerprint density at radius 2 is 1.70 bits per heavy atom. The standard InChI is InChI=1S/C33H34Cl2FNO6/c1-4-32(41,21-13-15-43-16-14-21)23-17-26-28(27(36)18-23)33(42-3,22-7-11-25(35)12-8-22)37(30(26)38)29(19(2)31(39)40)20-5-9-24(34)10-6-20/h5-12,17-19,21,29,41H,4,13-16H2,1-3H3,(H,39,40)/t19-,29-,32?,33-/m0/s1. The third-order valence-electron chi connectivity index (χ3n) is 9.04. The van der Waals surface area contributed by atoms with Crippen molar-refractivity contribution in [3.8, 4) is 0 Å². The van der Waals surface area contributed by atoms with Gasteiger partial charge >= 0.3 is 5.97 Å². The van der Waals surface area contributed by atoms with Crippen molar-refractivity contribution >= 4 is 35.1 Å². The third kappa shape index (κ3) is 5.23. The molecule has 0 saturated carbocycles. The molecule has 2 aliphatic heterocycles. The van der Waals surface area contributed by atoms with Gasteiger partial charge in [-0.05, 0) is 79.6 Å². The molecule has 0 aliphatic carbocycles. The lowest BCUT2D eigenvalue weighted by atomic mass is 9.74. The van der Waals surface area contributed by atoms with Crippen LogP contribution in [0.2, 0.25) is 10.0 Å². The summed E-state index contributed by atoms with van der Waals surface area (Å²) >= 11 is 12.4. The van der Waals surface area contributed by atoms with Crippen LogP contribution in [0.15, 0.2) is 60.7 Å². The Kier molecular flexibility index (Phi) is 8.89. The van der Waals surface area contributed by atoms with Crippen molar-refractivity contribution in [3.05, 3.63) is 104 Å². The fourth-order valence-electron chi connectivity index (χ4n) is 6.72. The molecular formula is C33H34Cl2FNO6. The van der Waals surface area contributed by atoms with Gasteiger partial charge in [0.25, 0.3) is 5.91 Å². The highest BCUT2D eigenvalue weighted by atomic mass is 35.5. The number of rotatable bonds is 9. The normalized spacial score (nSPS) is 21.7. The molecular weight excluding hydrogens is 596 g/mol. The van der Waals surface area contributed by atoms with Crippen LogP contribution < -0.4 is 0 Å². The minimum Gasteiger partial charge on any atom is -0.481 e. The Morgan fingerprint density at radius 3 is 2.23 bits per heavy atom. The maximum Gasteiger partial charge on any atom is 0.308 e. The molecule has 228 valence electrons. The highest BCUT2D eigenvalue weighted by Gasteiger charge is 2.58. The molecule has 10 heteroatoms. The number of carbonyl (C=O) groups excluding carboxylic acids is 1. The van der Waals surface area contributed by atoms with Gasteiger partial charge in [0.2, 0.25) is 0 Å². The van der Waals surface area contributed by atoms with Gasteiger partial charge < -0.3 is 19.7 Å². The van der Waals surface area contributed by atoms with Crippen LogP contribution in [0.25, 0.3) is 0 Å². The van der Waals surface area contributed by atoms with Gasteiger partial charge in [0.1, 0.15) is 5.82 Å². The lowest BCUT2D eigenvalue weighted by Crippen LogP contribution is -2.51. The Bertz CT molecular complexity index is 1510. The topological polar surface area (TPSA) is 96.3 Å². The van der Waals surface area contributed by atoms with E-state index in [-0.39, 0.29) is 22.6 Å². The van der Waals surface area contributed by atoms with E-state index in [0.717, 1.165) is 0 Å². The average molecular weight is 631 g/mol. The summed E-state index contributed by atoms with van der Waals surface area (Å²) in [6, 6.07) is 14.7. The van der Waals surface area contributed by atoms with Crippen molar-refractivity contribution in [3.63, 3.8) is 0 Å². The first-order valence-electron chi connectivity index (χ1n) is 14.3. The van der Waals surface area contributed by atoms with Gasteiger partial charge in [-0.3, -0.25) is 14.5 Å². The summed E-state index contributed by atoms with van der Waals surface area (Å²) in [6.45, 7) is 4.27. The molecule has 43 heavy (non-hydrogen) atoms. The second-order valence-electron chi connectivity index (χ2n) is 11.2. The first kappa shape index (κ1) is 31.4. The number of carboxylic acid groups (broad SMARTS) is 1. The van der Waals surface area contributed by atoms with Gasteiger partial charge in [0.15, 0.2) is 5.72 Å². The Hall–Kier alpha value is -3.01. The molecule has 1 amide bonds. The van der Waals surface area contributed by atoms with Gasteiger partial charge in [0, 0.05) is 35.9 Å². The molecule has 1 unspecified atom stereocenters. The zero-order valence-corrected chi connectivity index (χ0v) is 25.7. The van der Waals surface area contributed by atoms with Gasteiger partial charge in [-0.1, -0.05) is 54.4 Å². The van der Waals surface area contributed by atoms with Crippen LogP contribution in [-0.4, -0.2) is 47.3 Å². The summed E-state index contributed by atoms with van der Waals surface area (Å²) in [5.74, 6) is -3.89. The summed E-state index contributed by atoms with van der Waals surface area (Å²) < 4.78 is 28.4. The van der Waals surface area contributed by atoms with Crippen molar-refractivity contribution < 1.29 is 33.7 Å². The smallest absolute Gasteiger partial charge is 0.308 e. The van der Waals surface area contributed by atoms with Crippen molar-refractivity contribution in [1.82, 2.24) is 4.90 Å². The summed E-state index contributed by atoms with van der Waals surface area (Å²) in [4.78, 5) is 28.5. The SMILES string of the molecule is CCC(O)(c1cc(F)c2c(c1)C(=O)N([C@H](c1ccc(Cl)cc1)[C@H](C)C(=O)O)[C@]2(OC)c1ccc(Cl)cc1)C1CCOCC1. The van der Waals surface area contributed by atoms with E-state index in [9.17, 15) is 19.8 Å². The molecule has 0 radical (unpaired) electrons. The molecule has 0 spiro atoms. The second kappa shape index (κ2) is 12.2. The van der Waals surface area contributed by atoms with Crippen molar-refractivity contribution in [1.29, 1.82) is 0 Å². The number of hydrogen-bond acceptors (Lipinski definition) is 5. The number of fused-ring (bicyclic) bond motifs is 1. The van der Waals surface area contributed by atoms with E-state index in [1.807, 2.05) is 6.92 Å². The predicted molar refractivity (Wildman–Crippen MR) is 161 cm³/mol. The van der Waals surface area contributed by atoms with Crippen molar-refractivity contribution in [2.45, 2.75) is 50.5 Å². The molecule has 3 aromatic carbocycles. The van der Waals surface area contributed by atoms with Crippen molar-refractivity contribution in [2.24, 2.45) is 11.8 Å². The van der Waals surface area contributed by atoms with Crippen LogP contribution in [0, 0.1) is 17.7 Å². The van der Waals surface area contributed by atoms with E-state index in [4.69, 9.17) is 32.7 Å². The summed E-state index contributed by atoms with van der Waals surface area (Å²) in [7, 11) is 1.35. The number of carboxylic acids is 1. The highest BCUT2D eigenvalue weighted by Crippen LogP contribution is 2.53. The predicted octanol–water partition coefficient (Wildman–Crippen LogP) is 6.92. The van der Waals surface area contributed by atoms with Crippen LogP contribution >= 0.6 is 23.2 Å². The van der Waals surface area contributed by atoms with Crippen LogP contribution in [0.3, 0.4) is 0 Å². The molecule has 1 fully saturated rings. The fraction of sp³-hybridized carbons (Fsp3) is 0.394. The first-order chi connectivity index (χ1) is 20.5. The number of ether oxygens (including phenoxy) is 2. The largest absolute Gasteiger partial charge is 0.481 e. The van der Waals surface area contributed by atoms with E-state index in [0.29, 0.717) is 53.6 Å². The minimum absolute atomic E-state index is 0.0118. The Morgan fingerprint density at radius 1 is 1.12 bits per heavy atom. The number of methoxy groups -OCH3 is 1. The minimum atomic E-state index is -1.86. The summed E-state index contributed by atoms with van der Waals surface area (Å²) in [5, 5.41) is 23.0. The zero-order chi connectivity index (χ0) is 31.1. The first-order valence-corrected chi connectivity index (χ1v) is 15.0. The van der Waals surface area contributed by atoms with Gasteiger partial charge in [0.05, 0.1) is 28.7 Å². The summed E-state index contributed by atoms with van der Waals surface area (Å²) in [6.07, 6.45) is 1.47. The molecule has 0 bridgehead atoms. The monoisotopic (exact) mass is 629 g/mol. The molecule has 0 aromatic heterocycles. The van der Waals surface area contributed by atoms with Crippen molar-refractivity contribution in [2.75, 3.05) is 20.3 Å². The number of benzene rings is 3. The fourth-order valence-corrected chi connectivity index (χ4v) is 6.97. The lowest BCUT2D eigenvalue weighted by molar-refractivity contribution is -0.149. The summed E-state index contributed by atoms with van der Waals surface area (Å²) in [5.41, 5.74) is -2.21. The van der Waals surface area contributed by atoms with Gasteiger partial charge in [-0.2, -0.15) is 0 Å². The average Bonchev–Trinajstić information content (AvgIpc) is 3.27. The number of amides is 1. The zero-order valence-electron chi connectivity index (χ0n) is 24.1. The molecule has 7 nitrogen and oxygen atoms in total. The molecule has 1 saturated heterocycles. The maximum absolute atomic E-state index is 16.7. The van der Waals surface area contributed by atoms with Crippen LogP contribution in [0.5, 0.6) is 0 Å². The van der Waals surface area contributed by atoms with Gasteiger partial charge in [-0.25, -0.2) is 4.39 Å². The lowest BCUT2D eigenvalue weighted by Gasteiger charge is -2.44. The Labute approximate surface area is 260 Å². The highest BCUT2D eigenvalue weighted by molar-refractivity contribution is 6.30. The van der Waals surface area contributed by atoms with E-state index in [2.05, 4.69) is 0 Å². The van der Waals surface area contributed by atoms with E-state index < -0.39 is 41.0 Å². The number of aliphatic carboxylic acids is 1. The molecule has 3 aromatic rings. The number of halogens is 3. The van der Waals surface area contributed by atoms with Crippen LogP contribution in [0.1, 0.15) is 71.8 Å². The number of hydrogen-bond donors (Lipinski definition) is 2. The molecule has 2 aliphatic rings. The molecule has 2 heterocycles. The molecule has 2 N–H and O–H groups in total. The van der Waals surface area contributed by atoms with E-state index in [1.165, 1.54) is 31.1 Å². The Balaban J connectivity index is 1.79. The van der Waals surface area contributed by atoms with Gasteiger partial charge in [-0.15, -0.1) is 0 Å². The molecule has 4 atom stereocenters. The van der Waals surface area contributed by atoms with Crippen LogP contribution in [0.4, 0.5) is 4.39 Å². The molecule has 5 rings (SSSR count). The number of carbonyl (C=O) groups is 2. The quantitative estimate of drug-likeness (QED) is 0.267. The maximum atomic E-state index is 16.7. The number of nitrogens with zero attached hydrogens (tertiary/aromatic N) is 1. The second-order valence-corrected chi connectivity index (χ2v) is 12.1. The number of aliphatic hydroxyl groups is 1. The van der Waals surface area contributed by atoms with E-state index in [1.54, 1.807) is 48.5 Å².